The summed E-state index contributed by atoms with van der Waals surface area (Å²) in [4.78, 5) is 26.8. The molecule has 0 saturated heterocycles. The van der Waals surface area contributed by atoms with Crippen LogP contribution in [0.2, 0.25) is 0 Å². The van der Waals surface area contributed by atoms with Gasteiger partial charge in [-0.2, -0.15) is 0 Å². The normalized spacial score (nSPS) is 11.4. The molecule has 0 aliphatic heterocycles. The highest BCUT2D eigenvalue weighted by atomic mass is 16.6. The lowest BCUT2D eigenvalue weighted by Gasteiger charge is -2.22. The number of anilines is 1. The summed E-state index contributed by atoms with van der Waals surface area (Å²) in [6.45, 7) is 6.70. The molecule has 128 valence electrons. The first-order chi connectivity index (χ1) is 10.5. The van der Waals surface area contributed by atoms with Gasteiger partial charge in [0, 0.05) is 31.9 Å². The van der Waals surface area contributed by atoms with Gasteiger partial charge in [0.1, 0.15) is 11.2 Å². The van der Waals surface area contributed by atoms with E-state index < -0.39 is 16.5 Å². The molecular weight excluding hydrogens is 298 g/mol. The number of nitro benzene ring substituents is 1. The Hall–Kier alpha value is -2.15. The maximum atomic E-state index is 12.1. The zero-order chi connectivity index (χ0) is 17.8. The smallest absolute Gasteiger partial charge is 0.345 e. The van der Waals surface area contributed by atoms with Crippen LogP contribution in [0, 0.1) is 10.1 Å². The van der Waals surface area contributed by atoms with Crippen LogP contribution in [0.15, 0.2) is 18.2 Å². The number of nitro groups is 1. The van der Waals surface area contributed by atoms with Crippen molar-refractivity contribution in [3.63, 3.8) is 0 Å². The van der Waals surface area contributed by atoms with E-state index in [4.69, 9.17) is 4.74 Å². The Labute approximate surface area is 137 Å². The van der Waals surface area contributed by atoms with Crippen molar-refractivity contribution in [1.29, 1.82) is 0 Å². The zero-order valence-corrected chi connectivity index (χ0v) is 14.6. The molecule has 0 heterocycles. The quantitative estimate of drug-likeness (QED) is 0.455. The summed E-state index contributed by atoms with van der Waals surface area (Å²) in [6, 6.07) is 4.56. The van der Waals surface area contributed by atoms with Crippen LogP contribution in [0.1, 0.15) is 31.1 Å². The van der Waals surface area contributed by atoms with Crippen LogP contribution in [-0.2, 0) is 4.74 Å². The third kappa shape index (κ3) is 5.86. The molecule has 0 amide bonds. The molecule has 0 fully saturated rings. The van der Waals surface area contributed by atoms with Crippen molar-refractivity contribution >= 4 is 17.3 Å². The molecule has 0 radical (unpaired) electrons. The lowest BCUT2D eigenvalue weighted by Crippen LogP contribution is -2.28. The maximum Gasteiger partial charge on any atom is 0.345 e. The Balaban J connectivity index is 3.07. The Morgan fingerprint density at radius 2 is 1.83 bits per heavy atom. The molecule has 0 atom stereocenters. The van der Waals surface area contributed by atoms with Crippen molar-refractivity contribution in [2.45, 2.75) is 26.4 Å². The number of rotatable bonds is 6. The molecule has 7 nitrogen and oxygen atoms in total. The molecule has 0 bridgehead atoms. The van der Waals surface area contributed by atoms with E-state index in [1.165, 1.54) is 12.1 Å². The van der Waals surface area contributed by atoms with Gasteiger partial charge in [-0.1, -0.05) is 0 Å². The van der Waals surface area contributed by atoms with Crippen LogP contribution in [0.4, 0.5) is 11.4 Å². The third-order valence-electron chi connectivity index (χ3n) is 3.12. The molecule has 0 aromatic heterocycles. The Bertz CT molecular complexity index is 579. The highest BCUT2D eigenvalue weighted by molar-refractivity contribution is 5.94. The standard InChI is InChI=1S/C16H25N3O4/c1-16(2,3)23-15(20)13-8-7-12(11-14(13)19(21)22)18(6)10-9-17(4)5/h7-8,11H,9-10H2,1-6H3. The summed E-state index contributed by atoms with van der Waals surface area (Å²) in [5.74, 6) is -0.688. The number of carbonyl (C=O) groups is 1. The van der Waals surface area contributed by atoms with E-state index >= 15 is 0 Å². The minimum absolute atomic E-state index is 0.0327. The lowest BCUT2D eigenvalue weighted by atomic mass is 10.1. The van der Waals surface area contributed by atoms with E-state index in [1.54, 1.807) is 26.8 Å². The largest absolute Gasteiger partial charge is 0.456 e. The van der Waals surface area contributed by atoms with Gasteiger partial charge in [0.2, 0.25) is 0 Å². The van der Waals surface area contributed by atoms with E-state index in [1.807, 2.05) is 30.9 Å². The van der Waals surface area contributed by atoms with Crippen molar-refractivity contribution in [2.75, 3.05) is 39.1 Å². The zero-order valence-electron chi connectivity index (χ0n) is 14.6. The van der Waals surface area contributed by atoms with Gasteiger partial charge >= 0.3 is 5.97 Å². The van der Waals surface area contributed by atoms with Gasteiger partial charge in [0.25, 0.3) is 5.69 Å². The first-order valence-electron chi connectivity index (χ1n) is 7.39. The Morgan fingerprint density at radius 3 is 2.30 bits per heavy atom. The Morgan fingerprint density at radius 1 is 1.22 bits per heavy atom. The molecule has 0 unspecified atom stereocenters. The third-order valence-corrected chi connectivity index (χ3v) is 3.12. The fourth-order valence-corrected chi connectivity index (χ4v) is 1.89. The molecule has 0 saturated carbocycles. The number of esters is 1. The average molecular weight is 323 g/mol. The van der Waals surface area contributed by atoms with E-state index in [2.05, 4.69) is 0 Å². The summed E-state index contributed by atoms with van der Waals surface area (Å²) >= 11 is 0. The van der Waals surface area contributed by atoms with Gasteiger partial charge in [-0.25, -0.2) is 4.79 Å². The molecule has 0 aliphatic rings. The van der Waals surface area contributed by atoms with Crippen LogP contribution in [0.3, 0.4) is 0 Å². The van der Waals surface area contributed by atoms with Gasteiger partial charge in [0.15, 0.2) is 0 Å². The summed E-state index contributed by atoms with van der Waals surface area (Å²) < 4.78 is 5.23. The predicted molar refractivity (Wildman–Crippen MR) is 90.1 cm³/mol. The van der Waals surface area contributed by atoms with E-state index in [0.717, 1.165) is 13.1 Å². The number of nitrogens with zero attached hydrogens (tertiary/aromatic N) is 3. The second-order valence-corrected chi connectivity index (χ2v) is 6.69. The molecule has 1 aromatic rings. The Kier molecular flexibility index (Phi) is 6.09. The molecule has 7 heteroatoms. The number of likely N-dealkylation sites (N-methyl/N-ethyl adjacent to an activating group) is 2. The lowest BCUT2D eigenvalue weighted by molar-refractivity contribution is -0.385. The van der Waals surface area contributed by atoms with Crippen LogP contribution in [0.5, 0.6) is 0 Å². The van der Waals surface area contributed by atoms with Gasteiger partial charge in [-0.05, 0) is 47.0 Å². The molecule has 0 spiro atoms. The number of carbonyl (C=O) groups excluding carboxylic acids is 1. The van der Waals surface area contributed by atoms with Crippen molar-refractivity contribution in [3.05, 3.63) is 33.9 Å². The average Bonchev–Trinajstić information content (AvgIpc) is 2.42. The van der Waals surface area contributed by atoms with Crippen LogP contribution >= 0.6 is 0 Å². The number of ether oxygens (including phenoxy) is 1. The highest BCUT2D eigenvalue weighted by Crippen LogP contribution is 2.27. The molecular formula is C16H25N3O4. The molecule has 1 aromatic carbocycles. The number of hydrogen-bond acceptors (Lipinski definition) is 6. The first-order valence-corrected chi connectivity index (χ1v) is 7.39. The summed E-state index contributed by atoms with van der Waals surface area (Å²) in [5, 5.41) is 11.3. The molecule has 23 heavy (non-hydrogen) atoms. The van der Waals surface area contributed by atoms with Crippen LogP contribution in [-0.4, -0.2) is 55.6 Å². The summed E-state index contributed by atoms with van der Waals surface area (Å²) in [7, 11) is 5.78. The van der Waals surface area contributed by atoms with Crippen molar-refractivity contribution in [1.82, 2.24) is 4.90 Å². The fraction of sp³-hybridized carbons (Fsp3) is 0.562. The van der Waals surface area contributed by atoms with Crippen LogP contribution < -0.4 is 4.90 Å². The van der Waals surface area contributed by atoms with Crippen molar-refractivity contribution in [3.8, 4) is 0 Å². The molecule has 0 aliphatic carbocycles. The van der Waals surface area contributed by atoms with E-state index in [-0.39, 0.29) is 11.3 Å². The number of benzene rings is 1. The minimum Gasteiger partial charge on any atom is -0.456 e. The summed E-state index contributed by atoms with van der Waals surface area (Å²) in [5.41, 5.74) is -0.291. The minimum atomic E-state index is -0.702. The van der Waals surface area contributed by atoms with E-state index in [0.29, 0.717) is 5.69 Å². The van der Waals surface area contributed by atoms with Gasteiger partial charge in [-0.15, -0.1) is 0 Å². The topological polar surface area (TPSA) is 75.9 Å². The molecule has 1 rings (SSSR count). The maximum absolute atomic E-state index is 12.1. The summed E-state index contributed by atoms with van der Waals surface area (Å²) in [6.07, 6.45) is 0. The monoisotopic (exact) mass is 323 g/mol. The SMILES string of the molecule is CN(C)CCN(C)c1ccc(C(=O)OC(C)(C)C)c([N+](=O)[O-])c1. The highest BCUT2D eigenvalue weighted by Gasteiger charge is 2.26. The van der Waals surface area contributed by atoms with Crippen molar-refractivity contribution in [2.24, 2.45) is 0 Å². The second-order valence-electron chi connectivity index (χ2n) is 6.69. The first kappa shape index (κ1) is 18.9. The van der Waals surface area contributed by atoms with Gasteiger partial charge < -0.3 is 14.5 Å². The second kappa shape index (κ2) is 7.41. The van der Waals surface area contributed by atoms with E-state index in [9.17, 15) is 14.9 Å². The molecule has 0 N–H and O–H groups in total. The van der Waals surface area contributed by atoms with Gasteiger partial charge in [0.05, 0.1) is 4.92 Å². The fourth-order valence-electron chi connectivity index (χ4n) is 1.89. The predicted octanol–water partition coefficient (Wildman–Crippen LogP) is 2.55. The van der Waals surface area contributed by atoms with Crippen LogP contribution in [0.25, 0.3) is 0 Å². The van der Waals surface area contributed by atoms with Crippen molar-refractivity contribution < 1.29 is 14.5 Å². The number of hydrogen-bond donors (Lipinski definition) is 0. The van der Waals surface area contributed by atoms with Gasteiger partial charge in [-0.3, -0.25) is 10.1 Å².